The third-order valence-corrected chi connectivity index (χ3v) is 7.41. The molecule has 0 radical (unpaired) electrons. The standard InChI is InChI=1S/C44H36O7/c1-4-43(45)49-26-24-47-40-19-12-33(13-20-40)6-8-35-16-23-42(32(3)28-35)51-31-37-11-18-38-29-36(10-17-39(38)30-37)9-7-34-14-21-41(22-15-34)48-25-27-50-44(46)5-2/h4-5,10-23,28-30H,1-2,24-27,31H2,3H3. The SMILES string of the molecule is C=CC(=O)OCCOc1ccc(C#Cc2ccc(OCc3ccc4cc(C#Cc5ccc(OCCOC(=O)C=C)cc5)ccc4c3)c(C)c2)cc1. The average molecular weight is 677 g/mol. The molecule has 0 saturated carbocycles. The molecule has 0 fully saturated rings. The van der Waals surface area contributed by atoms with Crippen molar-refractivity contribution < 1.29 is 33.3 Å². The zero-order valence-corrected chi connectivity index (χ0v) is 28.3. The van der Waals surface area contributed by atoms with Crippen molar-refractivity contribution in [3.8, 4) is 40.9 Å². The molecule has 0 unspecified atom stereocenters. The summed E-state index contributed by atoms with van der Waals surface area (Å²) >= 11 is 0. The quantitative estimate of drug-likeness (QED) is 0.0546. The maximum atomic E-state index is 11.1. The van der Waals surface area contributed by atoms with Gasteiger partial charge in [0.15, 0.2) is 0 Å². The van der Waals surface area contributed by atoms with Crippen LogP contribution in [0.1, 0.15) is 33.4 Å². The van der Waals surface area contributed by atoms with Gasteiger partial charge < -0.3 is 23.7 Å². The molecule has 7 nitrogen and oxygen atoms in total. The topological polar surface area (TPSA) is 80.3 Å². The Hall–Kier alpha value is -6.70. The molecule has 0 heterocycles. The zero-order chi connectivity index (χ0) is 35.8. The van der Waals surface area contributed by atoms with Crippen LogP contribution in [0.3, 0.4) is 0 Å². The molecule has 0 saturated heterocycles. The number of carbonyl (C=O) groups excluding carboxylic acids is 2. The van der Waals surface area contributed by atoms with Gasteiger partial charge in [0.25, 0.3) is 0 Å². The van der Waals surface area contributed by atoms with Gasteiger partial charge in [-0.3, -0.25) is 0 Å². The second-order valence-electron chi connectivity index (χ2n) is 11.2. The fourth-order valence-electron chi connectivity index (χ4n) is 4.79. The van der Waals surface area contributed by atoms with Crippen LogP contribution in [0.15, 0.2) is 128 Å². The maximum Gasteiger partial charge on any atom is 0.330 e. The van der Waals surface area contributed by atoms with Crippen LogP contribution in [0.5, 0.6) is 17.2 Å². The van der Waals surface area contributed by atoms with Crippen LogP contribution in [-0.2, 0) is 25.7 Å². The number of fused-ring (bicyclic) bond motifs is 1. The van der Waals surface area contributed by atoms with Crippen molar-refractivity contribution >= 4 is 22.7 Å². The number of aryl methyl sites for hydroxylation is 1. The van der Waals surface area contributed by atoms with E-state index in [2.05, 4.69) is 67.2 Å². The Labute approximate surface area is 298 Å². The molecule has 0 amide bonds. The van der Waals surface area contributed by atoms with Gasteiger partial charge in [-0.15, -0.1) is 0 Å². The van der Waals surface area contributed by atoms with E-state index < -0.39 is 11.9 Å². The fourth-order valence-corrected chi connectivity index (χ4v) is 4.79. The smallest absolute Gasteiger partial charge is 0.330 e. The van der Waals surface area contributed by atoms with E-state index in [-0.39, 0.29) is 26.4 Å². The molecule has 0 aromatic heterocycles. The van der Waals surface area contributed by atoms with Gasteiger partial charge in [0.2, 0.25) is 0 Å². The second kappa shape index (κ2) is 18.2. The Morgan fingerprint density at radius 1 is 0.549 bits per heavy atom. The molecule has 0 bridgehead atoms. The van der Waals surface area contributed by atoms with Gasteiger partial charge in [0.1, 0.15) is 50.3 Å². The van der Waals surface area contributed by atoms with Gasteiger partial charge >= 0.3 is 11.9 Å². The maximum absolute atomic E-state index is 11.1. The summed E-state index contributed by atoms with van der Waals surface area (Å²) in [5, 5.41) is 2.21. The van der Waals surface area contributed by atoms with Crippen molar-refractivity contribution in [3.63, 3.8) is 0 Å². The zero-order valence-electron chi connectivity index (χ0n) is 28.3. The number of benzene rings is 5. The van der Waals surface area contributed by atoms with E-state index in [1.54, 1.807) is 0 Å². The predicted octanol–water partition coefficient (Wildman–Crippen LogP) is 7.74. The summed E-state index contributed by atoms with van der Waals surface area (Å²) in [6.45, 7) is 10.00. The second-order valence-corrected chi connectivity index (χ2v) is 11.2. The molecule has 0 N–H and O–H groups in total. The molecule has 0 spiro atoms. The Balaban J connectivity index is 1.11. The van der Waals surface area contributed by atoms with Crippen molar-refractivity contribution in [2.24, 2.45) is 0 Å². The van der Waals surface area contributed by atoms with Gasteiger partial charge in [0.05, 0.1) is 0 Å². The van der Waals surface area contributed by atoms with Gasteiger partial charge in [-0.2, -0.15) is 0 Å². The minimum Gasteiger partial charge on any atom is -0.490 e. The Morgan fingerprint density at radius 3 is 1.57 bits per heavy atom. The summed E-state index contributed by atoms with van der Waals surface area (Å²) in [6, 6.07) is 33.3. The number of esters is 2. The number of ether oxygens (including phenoxy) is 5. The van der Waals surface area contributed by atoms with Crippen LogP contribution in [0.25, 0.3) is 10.8 Å². The molecule has 5 aromatic carbocycles. The summed E-state index contributed by atoms with van der Waals surface area (Å²) in [4.78, 5) is 22.2. The van der Waals surface area contributed by atoms with Crippen LogP contribution in [0.4, 0.5) is 0 Å². The molecule has 254 valence electrons. The third kappa shape index (κ3) is 11.2. The lowest BCUT2D eigenvalue weighted by molar-refractivity contribution is -0.139. The Morgan fingerprint density at radius 2 is 1.02 bits per heavy atom. The van der Waals surface area contributed by atoms with Crippen molar-refractivity contribution in [3.05, 3.63) is 162 Å². The lowest BCUT2D eigenvalue weighted by atomic mass is 10.0. The lowest BCUT2D eigenvalue weighted by Gasteiger charge is -2.10. The van der Waals surface area contributed by atoms with Gasteiger partial charge in [0, 0.05) is 34.4 Å². The average Bonchev–Trinajstić information content (AvgIpc) is 3.16. The molecule has 5 aromatic rings. The van der Waals surface area contributed by atoms with Crippen molar-refractivity contribution in [2.45, 2.75) is 13.5 Å². The molecule has 5 rings (SSSR count). The first-order valence-corrected chi connectivity index (χ1v) is 16.2. The van der Waals surface area contributed by atoms with Gasteiger partial charge in [-0.1, -0.05) is 55.0 Å². The molecular formula is C44H36O7. The normalized spacial score (nSPS) is 10.1. The summed E-state index contributed by atoms with van der Waals surface area (Å²) in [6.07, 6.45) is 2.24. The molecule has 51 heavy (non-hydrogen) atoms. The Bertz CT molecular complexity index is 2140. The molecule has 0 aliphatic carbocycles. The third-order valence-electron chi connectivity index (χ3n) is 7.41. The lowest BCUT2D eigenvalue weighted by Crippen LogP contribution is -2.10. The predicted molar refractivity (Wildman–Crippen MR) is 198 cm³/mol. The summed E-state index contributed by atoms with van der Waals surface area (Å²) < 4.78 is 27.2. The number of hydrogen-bond donors (Lipinski definition) is 0. The Kier molecular flexibility index (Phi) is 12.7. The van der Waals surface area contributed by atoms with Crippen LogP contribution in [0, 0.1) is 30.6 Å². The minimum atomic E-state index is -0.472. The highest BCUT2D eigenvalue weighted by atomic mass is 16.6. The highest BCUT2D eigenvalue weighted by Crippen LogP contribution is 2.23. The molecule has 7 heteroatoms. The highest BCUT2D eigenvalue weighted by molar-refractivity contribution is 5.84. The van der Waals surface area contributed by atoms with E-state index in [4.69, 9.17) is 23.7 Å². The van der Waals surface area contributed by atoms with E-state index in [1.807, 2.05) is 79.7 Å². The number of carbonyl (C=O) groups is 2. The van der Waals surface area contributed by atoms with Crippen LogP contribution >= 0.6 is 0 Å². The van der Waals surface area contributed by atoms with Gasteiger partial charge in [-0.25, -0.2) is 9.59 Å². The fraction of sp³-hybridized carbons (Fsp3) is 0.136. The molecule has 0 aliphatic rings. The van der Waals surface area contributed by atoms with Crippen molar-refractivity contribution in [1.29, 1.82) is 0 Å². The monoisotopic (exact) mass is 676 g/mol. The number of rotatable bonds is 13. The highest BCUT2D eigenvalue weighted by Gasteiger charge is 2.04. The molecule has 0 atom stereocenters. The van der Waals surface area contributed by atoms with Crippen molar-refractivity contribution in [2.75, 3.05) is 26.4 Å². The van der Waals surface area contributed by atoms with Crippen molar-refractivity contribution in [1.82, 2.24) is 0 Å². The molecular weight excluding hydrogens is 640 g/mol. The van der Waals surface area contributed by atoms with Crippen LogP contribution in [0.2, 0.25) is 0 Å². The first kappa shape index (κ1) is 35.6. The summed E-state index contributed by atoms with van der Waals surface area (Å²) in [5.74, 6) is 14.0. The summed E-state index contributed by atoms with van der Waals surface area (Å²) in [5.41, 5.74) is 5.59. The van der Waals surface area contributed by atoms with E-state index in [0.717, 1.165) is 62.1 Å². The van der Waals surface area contributed by atoms with E-state index in [0.29, 0.717) is 18.1 Å². The van der Waals surface area contributed by atoms with Crippen LogP contribution < -0.4 is 14.2 Å². The van der Waals surface area contributed by atoms with Crippen LogP contribution in [-0.4, -0.2) is 38.4 Å². The number of hydrogen-bond acceptors (Lipinski definition) is 7. The summed E-state index contributed by atoms with van der Waals surface area (Å²) in [7, 11) is 0. The first-order valence-electron chi connectivity index (χ1n) is 16.2. The van der Waals surface area contributed by atoms with E-state index >= 15 is 0 Å². The minimum absolute atomic E-state index is 0.156. The van der Waals surface area contributed by atoms with Gasteiger partial charge in [-0.05, 0) is 114 Å². The molecule has 0 aliphatic heterocycles. The van der Waals surface area contributed by atoms with E-state index in [1.165, 1.54) is 0 Å². The first-order chi connectivity index (χ1) is 24.9. The van der Waals surface area contributed by atoms with E-state index in [9.17, 15) is 9.59 Å². The largest absolute Gasteiger partial charge is 0.490 e.